The molecule has 3 N–H and O–H groups in total. The third kappa shape index (κ3) is 3.99. The van der Waals surface area contributed by atoms with Gasteiger partial charge in [0.2, 0.25) is 5.91 Å². The lowest BCUT2D eigenvalue weighted by atomic mass is 10.5. The number of nitrogens with two attached hydrogens (primary N) is 1. The minimum atomic E-state index is -0.462. The van der Waals surface area contributed by atoms with Crippen LogP contribution in [0.15, 0.2) is 12.3 Å². The second-order valence-corrected chi connectivity index (χ2v) is 3.02. The van der Waals surface area contributed by atoms with Crippen LogP contribution in [-0.2, 0) is 20.9 Å². The Morgan fingerprint density at radius 3 is 2.94 bits per heavy atom. The number of hydrogen-bond acceptors (Lipinski definition) is 5. The fourth-order valence-corrected chi connectivity index (χ4v) is 1.05. The summed E-state index contributed by atoms with van der Waals surface area (Å²) in [5.74, 6) is -0.440. The van der Waals surface area contributed by atoms with Crippen LogP contribution in [0.5, 0.6) is 0 Å². The molecule has 0 atom stereocenters. The minimum absolute atomic E-state index is 0.0244. The summed E-state index contributed by atoms with van der Waals surface area (Å²) in [6.07, 6.45) is 1.58. The molecule has 0 saturated carbocycles. The maximum absolute atomic E-state index is 11.3. The molecule has 7 heteroatoms. The fourth-order valence-electron chi connectivity index (χ4n) is 1.05. The van der Waals surface area contributed by atoms with E-state index in [9.17, 15) is 9.59 Å². The predicted octanol–water partition coefficient (Wildman–Crippen LogP) is -0.855. The Balaban J connectivity index is 2.28. The van der Waals surface area contributed by atoms with Crippen molar-refractivity contribution in [3.63, 3.8) is 0 Å². The summed E-state index contributed by atoms with van der Waals surface area (Å²) in [7, 11) is 0. The van der Waals surface area contributed by atoms with Gasteiger partial charge in [0.15, 0.2) is 0 Å². The number of hydrogen-bond donors (Lipinski definition) is 2. The highest BCUT2D eigenvalue weighted by atomic mass is 16.5. The van der Waals surface area contributed by atoms with Crippen LogP contribution in [0.4, 0.5) is 5.82 Å². The van der Waals surface area contributed by atoms with E-state index in [4.69, 9.17) is 5.73 Å². The van der Waals surface area contributed by atoms with Crippen LogP contribution in [0, 0.1) is 0 Å². The van der Waals surface area contributed by atoms with E-state index >= 15 is 0 Å². The van der Waals surface area contributed by atoms with Crippen molar-refractivity contribution in [1.82, 2.24) is 15.1 Å². The van der Waals surface area contributed by atoms with Crippen molar-refractivity contribution in [2.24, 2.45) is 0 Å². The van der Waals surface area contributed by atoms with Crippen LogP contribution in [0.3, 0.4) is 0 Å². The second kappa shape index (κ2) is 5.74. The second-order valence-electron chi connectivity index (χ2n) is 3.02. The Kier molecular flexibility index (Phi) is 4.31. The van der Waals surface area contributed by atoms with Gasteiger partial charge in [0, 0.05) is 6.20 Å². The number of ether oxygens (including phenoxy) is 1. The van der Waals surface area contributed by atoms with Gasteiger partial charge in [0.05, 0.1) is 6.61 Å². The van der Waals surface area contributed by atoms with Gasteiger partial charge in [-0.3, -0.25) is 14.3 Å². The lowest BCUT2D eigenvalue weighted by Gasteiger charge is -2.04. The van der Waals surface area contributed by atoms with Crippen molar-refractivity contribution >= 4 is 17.7 Å². The summed E-state index contributed by atoms with van der Waals surface area (Å²) < 4.78 is 6.04. The number of nitrogens with zero attached hydrogens (tertiary/aromatic N) is 2. The Morgan fingerprint density at radius 1 is 1.62 bits per heavy atom. The molecule has 0 radical (unpaired) electrons. The van der Waals surface area contributed by atoms with Crippen LogP contribution in [0.1, 0.15) is 6.92 Å². The van der Waals surface area contributed by atoms with E-state index in [1.807, 2.05) is 0 Å². The van der Waals surface area contributed by atoms with Gasteiger partial charge in [-0.15, -0.1) is 0 Å². The first-order valence-electron chi connectivity index (χ1n) is 4.83. The molecule has 0 saturated heterocycles. The molecule has 16 heavy (non-hydrogen) atoms. The number of anilines is 1. The summed E-state index contributed by atoms with van der Waals surface area (Å²) in [6, 6.07) is 1.58. The van der Waals surface area contributed by atoms with Gasteiger partial charge in [-0.1, -0.05) is 0 Å². The molecule has 0 aliphatic carbocycles. The van der Waals surface area contributed by atoms with E-state index < -0.39 is 5.97 Å². The summed E-state index contributed by atoms with van der Waals surface area (Å²) in [6.45, 7) is 1.89. The summed E-state index contributed by atoms with van der Waals surface area (Å²) >= 11 is 0. The molecule has 0 aliphatic heterocycles. The topological polar surface area (TPSA) is 99.2 Å². The average molecular weight is 226 g/mol. The van der Waals surface area contributed by atoms with Gasteiger partial charge in [-0.25, -0.2) is 0 Å². The van der Waals surface area contributed by atoms with Crippen molar-refractivity contribution < 1.29 is 14.3 Å². The molecule has 0 aliphatic rings. The van der Waals surface area contributed by atoms with Crippen LogP contribution >= 0.6 is 0 Å². The van der Waals surface area contributed by atoms with Crippen molar-refractivity contribution in [2.45, 2.75) is 13.5 Å². The Morgan fingerprint density at radius 2 is 2.38 bits per heavy atom. The first kappa shape index (κ1) is 12.0. The molecule has 0 unspecified atom stereocenters. The number of nitrogen functional groups attached to an aromatic ring is 1. The smallest absolute Gasteiger partial charge is 0.325 e. The fraction of sp³-hybridized carbons (Fsp3) is 0.444. The zero-order valence-corrected chi connectivity index (χ0v) is 8.97. The molecule has 1 amide bonds. The Labute approximate surface area is 92.6 Å². The number of rotatable bonds is 5. The van der Waals surface area contributed by atoms with Crippen LogP contribution in [-0.4, -0.2) is 34.8 Å². The molecule has 1 aromatic rings. The van der Waals surface area contributed by atoms with E-state index in [-0.39, 0.29) is 19.0 Å². The number of amides is 1. The first-order chi connectivity index (χ1) is 7.61. The number of aromatic nitrogens is 2. The third-order valence-electron chi connectivity index (χ3n) is 1.70. The van der Waals surface area contributed by atoms with E-state index in [0.29, 0.717) is 12.4 Å². The maximum Gasteiger partial charge on any atom is 0.325 e. The Hall–Kier alpha value is -2.05. The predicted molar refractivity (Wildman–Crippen MR) is 56.3 cm³/mol. The first-order valence-corrected chi connectivity index (χ1v) is 4.83. The highest BCUT2D eigenvalue weighted by molar-refractivity contribution is 5.81. The summed E-state index contributed by atoms with van der Waals surface area (Å²) in [4.78, 5) is 22.2. The van der Waals surface area contributed by atoms with Crippen LogP contribution in [0.25, 0.3) is 0 Å². The standard InChI is InChI=1S/C9H14N4O3/c1-2-16-9(15)5-11-8(14)6-13-4-3-7(10)12-13/h3-4H,2,5-6H2,1H3,(H2,10,12)(H,11,14). The lowest BCUT2D eigenvalue weighted by Crippen LogP contribution is -2.33. The summed E-state index contributed by atoms with van der Waals surface area (Å²) in [5.41, 5.74) is 5.38. The SMILES string of the molecule is CCOC(=O)CNC(=O)Cn1ccc(N)n1. The zero-order valence-electron chi connectivity index (χ0n) is 8.97. The van der Waals surface area contributed by atoms with Crippen molar-refractivity contribution in [3.8, 4) is 0 Å². The molecular weight excluding hydrogens is 212 g/mol. The van der Waals surface area contributed by atoms with Gasteiger partial charge in [-0.2, -0.15) is 5.10 Å². The Bertz CT molecular complexity index is 375. The van der Waals surface area contributed by atoms with E-state index in [0.717, 1.165) is 0 Å². The molecule has 0 bridgehead atoms. The molecule has 1 aromatic heterocycles. The van der Waals surface area contributed by atoms with Gasteiger partial charge in [-0.05, 0) is 13.0 Å². The minimum Gasteiger partial charge on any atom is -0.465 e. The highest BCUT2D eigenvalue weighted by Gasteiger charge is 2.06. The third-order valence-corrected chi connectivity index (χ3v) is 1.70. The van der Waals surface area contributed by atoms with Crippen molar-refractivity contribution in [3.05, 3.63) is 12.3 Å². The molecule has 1 rings (SSSR count). The van der Waals surface area contributed by atoms with Crippen LogP contribution in [0.2, 0.25) is 0 Å². The van der Waals surface area contributed by atoms with E-state index in [1.54, 1.807) is 19.2 Å². The van der Waals surface area contributed by atoms with Crippen molar-refractivity contribution in [2.75, 3.05) is 18.9 Å². The lowest BCUT2D eigenvalue weighted by molar-refractivity contribution is -0.143. The van der Waals surface area contributed by atoms with Gasteiger partial charge in [0.25, 0.3) is 0 Å². The molecule has 88 valence electrons. The zero-order chi connectivity index (χ0) is 12.0. The number of carbonyl (C=O) groups excluding carboxylic acids is 2. The number of esters is 1. The summed E-state index contributed by atoms with van der Waals surface area (Å²) in [5, 5.41) is 6.24. The highest BCUT2D eigenvalue weighted by Crippen LogP contribution is 1.94. The normalized spacial score (nSPS) is 9.81. The average Bonchev–Trinajstić information content (AvgIpc) is 2.61. The van der Waals surface area contributed by atoms with Gasteiger partial charge >= 0.3 is 5.97 Å². The molecular formula is C9H14N4O3. The maximum atomic E-state index is 11.3. The molecule has 0 fully saturated rings. The van der Waals surface area contributed by atoms with Gasteiger partial charge in [0.1, 0.15) is 18.9 Å². The van der Waals surface area contributed by atoms with Crippen LogP contribution < -0.4 is 11.1 Å². The quantitative estimate of drug-likeness (QED) is 0.637. The molecule has 0 spiro atoms. The molecule has 1 heterocycles. The number of carbonyl (C=O) groups is 2. The number of nitrogens with one attached hydrogen (secondary N) is 1. The largest absolute Gasteiger partial charge is 0.465 e. The molecule has 0 aromatic carbocycles. The van der Waals surface area contributed by atoms with E-state index in [1.165, 1.54) is 4.68 Å². The van der Waals surface area contributed by atoms with Gasteiger partial charge < -0.3 is 15.8 Å². The van der Waals surface area contributed by atoms with Crippen molar-refractivity contribution in [1.29, 1.82) is 0 Å². The molecule has 7 nitrogen and oxygen atoms in total. The monoisotopic (exact) mass is 226 g/mol. The van der Waals surface area contributed by atoms with E-state index in [2.05, 4.69) is 15.2 Å².